The number of nitrogens with zero attached hydrogens (tertiary/aromatic N) is 1. The summed E-state index contributed by atoms with van der Waals surface area (Å²) in [7, 11) is 4.15. The average Bonchev–Trinajstić information content (AvgIpc) is 2.77. The van der Waals surface area contributed by atoms with Crippen molar-refractivity contribution in [1.82, 2.24) is 0 Å². The van der Waals surface area contributed by atoms with E-state index in [1.165, 1.54) is 22.4 Å². The Labute approximate surface area is 193 Å². The van der Waals surface area contributed by atoms with Gasteiger partial charge in [-0.1, -0.05) is 30.6 Å². The van der Waals surface area contributed by atoms with Crippen LogP contribution in [-0.2, 0) is 9.59 Å². The predicted molar refractivity (Wildman–Crippen MR) is 131 cm³/mol. The highest BCUT2D eigenvalue weighted by atomic mass is 16.1. The summed E-state index contributed by atoms with van der Waals surface area (Å²) in [4.78, 5) is 26.4. The molecule has 4 rings (SSSR count). The lowest BCUT2D eigenvalue weighted by Crippen LogP contribution is -2.36. The molecule has 168 valence electrons. The third kappa shape index (κ3) is 4.46. The Morgan fingerprint density at radius 3 is 2.56 bits per heavy atom. The molecule has 1 unspecified atom stereocenters. The van der Waals surface area contributed by atoms with Crippen molar-refractivity contribution in [3.8, 4) is 11.8 Å². The van der Waals surface area contributed by atoms with Crippen LogP contribution in [0.2, 0.25) is 0 Å². The number of carbonyl (C=O) groups excluding carboxylic acids is 2. The van der Waals surface area contributed by atoms with Gasteiger partial charge in [0, 0.05) is 38.5 Å². The molecular weight excluding hydrogens is 394 g/mol. The van der Waals surface area contributed by atoms with Crippen molar-refractivity contribution in [3.63, 3.8) is 0 Å². The summed E-state index contributed by atoms with van der Waals surface area (Å²) in [6.45, 7) is 4.11. The van der Waals surface area contributed by atoms with E-state index in [2.05, 4.69) is 62.0 Å². The van der Waals surface area contributed by atoms with Crippen molar-refractivity contribution in [2.24, 2.45) is 17.8 Å². The van der Waals surface area contributed by atoms with E-state index in [1.807, 2.05) is 6.08 Å². The van der Waals surface area contributed by atoms with Gasteiger partial charge in [-0.15, -0.1) is 0 Å². The lowest BCUT2D eigenvalue weighted by Gasteiger charge is -2.47. The van der Waals surface area contributed by atoms with Crippen molar-refractivity contribution in [2.75, 3.05) is 19.0 Å². The molecule has 0 aromatic heterocycles. The molecule has 1 saturated carbocycles. The van der Waals surface area contributed by atoms with Gasteiger partial charge < -0.3 is 4.90 Å². The second-order valence-corrected chi connectivity index (χ2v) is 9.97. The molecular formula is C29H35NO2. The Balaban J connectivity index is 1.72. The molecule has 1 aromatic rings. The van der Waals surface area contributed by atoms with Gasteiger partial charge in [-0.05, 0) is 97.6 Å². The number of anilines is 1. The van der Waals surface area contributed by atoms with Crippen molar-refractivity contribution in [1.29, 1.82) is 0 Å². The summed E-state index contributed by atoms with van der Waals surface area (Å²) < 4.78 is 0. The number of hydrogen-bond donors (Lipinski definition) is 0. The van der Waals surface area contributed by atoms with Crippen LogP contribution in [0.3, 0.4) is 0 Å². The van der Waals surface area contributed by atoms with E-state index < -0.39 is 0 Å². The Morgan fingerprint density at radius 2 is 1.88 bits per heavy atom. The topological polar surface area (TPSA) is 37.4 Å². The van der Waals surface area contributed by atoms with E-state index in [0.717, 1.165) is 32.1 Å². The van der Waals surface area contributed by atoms with Crippen LogP contribution in [0.25, 0.3) is 0 Å². The van der Waals surface area contributed by atoms with Gasteiger partial charge in [0.1, 0.15) is 0 Å². The second kappa shape index (κ2) is 9.49. The van der Waals surface area contributed by atoms with Crippen LogP contribution in [0, 0.1) is 29.6 Å². The maximum Gasteiger partial charge on any atom is 0.205 e. The fourth-order valence-electron chi connectivity index (χ4n) is 6.29. The summed E-state index contributed by atoms with van der Waals surface area (Å²) in [5, 5.41) is 0. The van der Waals surface area contributed by atoms with Crippen LogP contribution in [0.15, 0.2) is 47.1 Å². The zero-order valence-electron chi connectivity index (χ0n) is 19.9. The highest BCUT2D eigenvalue weighted by molar-refractivity contribution is 5.95. The number of benzene rings is 1. The predicted octanol–water partition coefficient (Wildman–Crippen LogP) is 5.86. The van der Waals surface area contributed by atoms with Gasteiger partial charge in [0.15, 0.2) is 5.78 Å². The largest absolute Gasteiger partial charge is 0.378 e. The average molecular weight is 430 g/mol. The maximum absolute atomic E-state index is 12.2. The molecule has 1 fully saturated rings. The molecule has 3 nitrogen and oxygen atoms in total. The van der Waals surface area contributed by atoms with Crippen LogP contribution in [0.1, 0.15) is 70.3 Å². The first-order valence-electron chi connectivity index (χ1n) is 12.1. The van der Waals surface area contributed by atoms with Crippen LogP contribution in [-0.4, -0.2) is 25.7 Å². The lowest BCUT2D eigenvalue weighted by molar-refractivity contribution is -0.115. The highest BCUT2D eigenvalue weighted by Gasteiger charge is 2.43. The van der Waals surface area contributed by atoms with E-state index in [1.54, 1.807) is 12.5 Å². The molecule has 0 aliphatic heterocycles. The zero-order chi connectivity index (χ0) is 22.8. The van der Waals surface area contributed by atoms with E-state index in [4.69, 9.17) is 0 Å². The zero-order valence-corrected chi connectivity index (χ0v) is 19.9. The smallest absolute Gasteiger partial charge is 0.205 e. The second-order valence-electron chi connectivity index (χ2n) is 9.97. The number of carbonyl (C=O) groups is 2. The molecule has 3 aliphatic rings. The van der Waals surface area contributed by atoms with Gasteiger partial charge in [-0.3, -0.25) is 9.59 Å². The van der Waals surface area contributed by atoms with E-state index in [9.17, 15) is 9.59 Å². The first-order valence-corrected chi connectivity index (χ1v) is 12.1. The summed E-state index contributed by atoms with van der Waals surface area (Å²) >= 11 is 0. The lowest BCUT2D eigenvalue weighted by atomic mass is 9.57. The highest BCUT2D eigenvalue weighted by Crippen LogP contribution is 2.55. The summed E-state index contributed by atoms with van der Waals surface area (Å²) in [6.07, 6.45) is 8.09. The van der Waals surface area contributed by atoms with Crippen LogP contribution < -0.4 is 4.90 Å². The Bertz CT molecular complexity index is 1020. The standard InChI is InChI=1S/C29H35NO2/c1-5-6-23(31)12-15-25-19(2)17-28(20-7-10-22(11-8-20)30(3)4)29-26-16-13-24(32)18-21(26)9-14-27(25)29/h7-8,10-11,18-19,25,27-28H,9,12-17H2,1-4H3/t19?,25-,27+,28-/m1/s1. The first-order chi connectivity index (χ1) is 15.4. The van der Waals surface area contributed by atoms with Crippen LogP contribution in [0.4, 0.5) is 5.69 Å². The van der Waals surface area contributed by atoms with E-state index in [-0.39, 0.29) is 11.6 Å². The quantitative estimate of drug-likeness (QED) is 0.434. The van der Waals surface area contributed by atoms with Crippen molar-refractivity contribution < 1.29 is 9.59 Å². The third-order valence-electron chi connectivity index (χ3n) is 7.83. The molecule has 0 spiro atoms. The monoisotopic (exact) mass is 429 g/mol. The number of Topliss-reactive ketones (excluding diaryl/α,β-unsaturated/α-hetero) is 1. The minimum atomic E-state index is 0.0648. The van der Waals surface area contributed by atoms with Gasteiger partial charge in [0.25, 0.3) is 0 Å². The first kappa shape index (κ1) is 22.6. The minimum absolute atomic E-state index is 0.0648. The molecule has 32 heavy (non-hydrogen) atoms. The fraction of sp³-hybridized carbons (Fsp3) is 0.517. The Hall–Kier alpha value is -2.60. The Morgan fingerprint density at radius 1 is 1.12 bits per heavy atom. The summed E-state index contributed by atoms with van der Waals surface area (Å²) in [6, 6.07) is 9.03. The summed E-state index contributed by atoms with van der Waals surface area (Å²) in [5.41, 5.74) is 6.92. The maximum atomic E-state index is 12.2. The van der Waals surface area contributed by atoms with Gasteiger partial charge in [-0.25, -0.2) is 0 Å². The van der Waals surface area contributed by atoms with Crippen molar-refractivity contribution >= 4 is 17.3 Å². The molecule has 0 amide bonds. The SMILES string of the molecule is CC#CC(=O)CC[C@@H]1C(C)C[C@H](c2ccc(N(C)C)cc2)C2=C3CCC(=O)C=C3CC[C@H]21. The van der Waals surface area contributed by atoms with Crippen molar-refractivity contribution in [3.05, 3.63) is 52.6 Å². The van der Waals surface area contributed by atoms with Crippen LogP contribution >= 0.6 is 0 Å². The summed E-state index contributed by atoms with van der Waals surface area (Å²) in [5.74, 6) is 7.79. The molecule has 1 aromatic carbocycles. The number of allylic oxidation sites excluding steroid dienone is 4. The van der Waals surface area contributed by atoms with Gasteiger partial charge in [0.05, 0.1) is 0 Å². The van der Waals surface area contributed by atoms with E-state index >= 15 is 0 Å². The molecule has 4 atom stereocenters. The molecule has 0 heterocycles. The number of fused-ring (bicyclic) bond motifs is 2. The molecule has 0 N–H and O–H groups in total. The van der Waals surface area contributed by atoms with E-state index in [0.29, 0.717) is 36.5 Å². The molecule has 0 radical (unpaired) electrons. The van der Waals surface area contributed by atoms with Gasteiger partial charge >= 0.3 is 0 Å². The number of hydrogen-bond acceptors (Lipinski definition) is 3. The molecule has 0 bridgehead atoms. The van der Waals surface area contributed by atoms with Gasteiger partial charge in [-0.2, -0.15) is 0 Å². The van der Waals surface area contributed by atoms with Crippen molar-refractivity contribution in [2.45, 2.75) is 64.7 Å². The third-order valence-corrected chi connectivity index (χ3v) is 7.83. The molecule has 3 aliphatic carbocycles. The fourth-order valence-corrected chi connectivity index (χ4v) is 6.29. The van der Waals surface area contributed by atoms with Crippen LogP contribution in [0.5, 0.6) is 0 Å². The number of rotatable bonds is 5. The Kier molecular flexibility index (Phi) is 6.70. The van der Waals surface area contributed by atoms with Gasteiger partial charge in [0.2, 0.25) is 5.78 Å². The molecule has 0 saturated heterocycles. The minimum Gasteiger partial charge on any atom is -0.378 e. The number of ketones is 2. The normalized spacial score (nSPS) is 27.0. The molecule has 3 heteroatoms.